The van der Waals surface area contributed by atoms with E-state index >= 15 is 0 Å². The van der Waals surface area contributed by atoms with Gasteiger partial charge < -0.3 is 21.1 Å². The quantitative estimate of drug-likeness (QED) is 0.706. The molecule has 1 saturated heterocycles. The first kappa shape index (κ1) is 13.7. The zero-order chi connectivity index (χ0) is 14.0. The van der Waals surface area contributed by atoms with Gasteiger partial charge in [-0.25, -0.2) is 0 Å². The van der Waals surface area contributed by atoms with Crippen LogP contribution in [0.15, 0.2) is 18.2 Å². The van der Waals surface area contributed by atoms with Crippen molar-refractivity contribution in [2.75, 3.05) is 30.8 Å². The lowest BCUT2D eigenvalue weighted by atomic mass is 10.0. The first-order valence-electron chi connectivity index (χ1n) is 6.57. The second-order valence-electron chi connectivity index (χ2n) is 5.09. The number of anilines is 2. The van der Waals surface area contributed by atoms with Gasteiger partial charge in [0.25, 0.3) is 5.91 Å². The molecule has 1 aliphatic rings. The molecule has 5 nitrogen and oxygen atoms in total. The summed E-state index contributed by atoms with van der Waals surface area (Å²) in [5.74, 6) is 0.134. The molecule has 1 amide bonds. The number of hydrogen-bond donors (Lipinski definition) is 3. The van der Waals surface area contributed by atoms with Crippen molar-refractivity contribution in [1.29, 1.82) is 0 Å². The third kappa shape index (κ3) is 2.81. The van der Waals surface area contributed by atoms with Crippen LogP contribution in [0.1, 0.15) is 23.7 Å². The molecule has 5 heteroatoms. The van der Waals surface area contributed by atoms with Gasteiger partial charge in [0.15, 0.2) is 0 Å². The Labute approximate surface area is 113 Å². The number of aliphatic hydroxyl groups is 1. The SMILES string of the molecule is CNC(=O)c1ccc(N)cc1N1CCC(C(C)O)C1. The number of nitrogen functional groups attached to an aromatic ring is 1. The molecular formula is C14H21N3O2. The highest BCUT2D eigenvalue weighted by Gasteiger charge is 2.28. The number of benzene rings is 1. The Morgan fingerprint density at radius 2 is 2.32 bits per heavy atom. The Hall–Kier alpha value is -1.75. The van der Waals surface area contributed by atoms with E-state index in [0.29, 0.717) is 11.3 Å². The second kappa shape index (κ2) is 5.48. The number of amides is 1. The Morgan fingerprint density at radius 3 is 2.89 bits per heavy atom. The summed E-state index contributed by atoms with van der Waals surface area (Å²) in [7, 11) is 1.62. The fourth-order valence-corrected chi connectivity index (χ4v) is 2.54. The molecule has 0 bridgehead atoms. The molecule has 2 atom stereocenters. The van der Waals surface area contributed by atoms with Gasteiger partial charge in [-0.15, -0.1) is 0 Å². The van der Waals surface area contributed by atoms with Crippen LogP contribution in [0, 0.1) is 5.92 Å². The number of nitrogens with zero attached hydrogens (tertiary/aromatic N) is 1. The van der Waals surface area contributed by atoms with Gasteiger partial charge >= 0.3 is 0 Å². The molecule has 1 heterocycles. The van der Waals surface area contributed by atoms with Gasteiger partial charge in [-0.05, 0) is 31.5 Å². The number of rotatable bonds is 3. The number of hydrogen-bond acceptors (Lipinski definition) is 4. The van der Waals surface area contributed by atoms with Crippen LogP contribution in [0.5, 0.6) is 0 Å². The Morgan fingerprint density at radius 1 is 1.58 bits per heavy atom. The highest BCUT2D eigenvalue weighted by molar-refractivity contribution is 6.00. The van der Waals surface area contributed by atoms with Gasteiger partial charge in [0.05, 0.1) is 17.4 Å². The summed E-state index contributed by atoms with van der Waals surface area (Å²) < 4.78 is 0. The maximum absolute atomic E-state index is 11.9. The van der Waals surface area contributed by atoms with E-state index in [1.165, 1.54) is 0 Å². The van der Waals surface area contributed by atoms with Crippen molar-refractivity contribution in [2.45, 2.75) is 19.4 Å². The summed E-state index contributed by atoms with van der Waals surface area (Å²) >= 11 is 0. The lowest BCUT2D eigenvalue weighted by molar-refractivity contribution is 0.0963. The fraction of sp³-hybridized carbons (Fsp3) is 0.500. The fourth-order valence-electron chi connectivity index (χ4n) is 2.54. The summed E-state index contributed by atoms with van der Waals surface area (Å²) in [5, 5.41) is 12.3. The molecule has 0 radical (unpaired) electrons. The summed E-state index contributed by atoms with van der Waals surface area (Å²) in [6.45, 7) is 3.40. The molecule has 0 saturated carbocycles. The Balaban J connectivity index is 2.29. The van der Waals surface area contributed by atoms with E-state index in [2.05, 4.69) is 10.2 Å². The van der Waals surface area contributed by atoms with Crippen LogP contribution in [0.25, 0.3) is 0 Å². The van der Waals surface area contributed by atoms with Crippen LogP contribution in [0.3, 0.4) is 0 Å². The van der Waals surface area contributed by atoms with Crippen LogP contribution >= 0.6 is 0 Å². The molecule has 2 rings (SSSR count). The summed E-state index contributed by atoms with van der Waals surface area (Å²) in [6, 6.07) is 5.31. The molecule has 0 aromatic heterocycles. The van der Waals surface area contributed by atoms with Crippen LogP contribution in [0.4, 0.5) is 11.4 Å². The summed E-state index contributed by atoms with van der Waals surface area (Å²) in [6.07, 6.45) is 0.606. The highest BCUT2D eigenvalue weighted by Crippen LogP contribution is 2.30. The van der Waals surface area contributed by atoms with E-state index in [4.69, 9.17) is 5.73 Å². The van der Waals surface area contributed by atoms with E-state index in [1.54, 1.807) is 19.2 Å². The minimum atomic E-state index is -0.325. The topological polar surface area (TPSA) is 78.6 Å². The number of aliphatic hydroxyl groups excluding tert-OH is 1. The molecule has 0 aliphatic carbocycles. The summed E-state index contributed by atoms with van der Waals surface area (Å²) in [4.78, 5) is 14.0. The zero-order valence-corrected chi connectivity index (χ0v) is 11.4. The van der Waals surface area contributed by atoms with Crippen LogP contribution in [0.2, 0.25) is 0 Å². The molecule has 1 fully saturated rings. The second-order valence-corrected chi connectivity index (χ2v) is 5.09. The van der Waals surface area contributed by atoms with Crippen LogP contribution in [-0.2, 0) is 0 Å². The van der Waals surface area contributed by atoms with Crippen LogP contribution in [-0.4, -0.2) is 37.3 Å². The Kier molecular flexibility index (Phi) is 3.95. The van der Waals surface area contributed by atoms with E-state index in [9.17, 15) is 9.90 Å². The van der Waals surface area contributed by atoms with Gasteiger partial charge in [0, 0.05) is 31.7 Å². The normalized spacial score (nSPS) is 20.4. The molecule has 19 heavy (non-hydrogen) atoms. The molecular weight excluding hydrogens is 242 g/mol. The highest BCUT2D eigenvalue weighted by atomic mass is 16.3. The van der Waals surface area contributed by atoms with Crippen molar-refractivity contribution in [3.05, 3.63) is 23.8 Å². The number of nitrogens with two attached hydrogens (primary N) is 1. The maximum atomic E-state index is 11.9. The molecule has 104 valence electrons. The first-order chi connectivity index (χ1) is 9.02. The molecule has 0 spiro atoms. The third-order valence-corrected chi connectivity index (χ3v) is 3.74. The predicted octanol–water partition coefficient (Wildman–Crippen LogP) is 0.835. The molecule has 4 N–H and O–H groups in total. The monoisotopic (exact) mass is 263 g/mol. The standard InChI is InChI=1S/C14H21N3O2/c1-9(18)10-5-6-17(8-10)13-7-11(15)3-4-12(13)14(19)16-2/h3-4,7,9-10,18H,5-6,8,15H2,1-2H3,(H,16,19). The van der Waals surface area contributed by atoms with Gasteiger partial charge in [-0.3, -0.25) is 4.79 Å². The summed E-state index contributed by atoms with van der Waals surface area (Å²) in [5.41, 5.74) is 7.94. The minimum absolute atomic E-state index is 0.115. The van der Waals surface area contributed by atoms with Gasteiger partial charge in [0.2, 0.25) is 0 Å². The Bertz CT molecular complexity index is 474. The minimum Gasteiger partial charge on any atom is -0.399 e. The van der Waals surface area contributed by atoms with Gasteiger partial charge in [-0.1, -0.05) is 0 Å². The molecule has 2 unspecified atom stereocenters. The predicted molar refractivity (Wildman–Crippen MR) is 76.2 cm³/mol. The smallest absolute Gasteiger partial charge is 0.253 e. The maximum Gasteiger partial charge on any atom is 0.253 e. The lowest BCUT2D eigenvalue weighted by Crippen LogP contribution is -2.27. The van der Waals surface area contributed by atoms with Crippen molar-refractivity contribution >= 4 is 17.3 Å². The number of carbonyl (C=O) groups is 1. The van der Waals surface area contributed by atoms with Crippen LogP contribution < -0.4 is 16.0 Å². The van der Waals surface area contributed by atoms with Crippen molar-refractivity contribution in [1.82, 2.24) is 5.32 Å². The van der Waals surface area contributed by atoms with Gasteiger partial charge in [-0.2, -0.15) is 0 Å². The van der Waals surface area contributed by atoms with Crippen molar-refractivity contribution < 1.29 is 9.90 Å². The average Bonchev–Trinajstić information content (AvgIpc) is 2.87. The van der Waals surface area contributed by atoms with Crippen molar-refractivity contribution in [3.8, 4) is 0 Å². The first-order valence-corrected chi connectivity index (χ1v) is 6.57. The van der Waals surface area contributed by atoms with E-state index in [1.807, 2.05) is 13.0 Å². The van der Waals surface area contributed by atoms with E-state index in [0.717, 1.165) is 25.2 Å². The van der Waals surface area contributed by atoms with E-state index in [-0.39, 0.29) is 17.9 Å². The van der Waals surface area contributed by atoms with Crippen molar-refractivity contribution in [2.24, 2.45) is 5.92 Å². The zero-order valence-electron chi connectivity index (χ0n) is 11.4. The van der Waals surface area contributed by atoms with Gasteiger partial charge in [0.1, 0.15) is 0 Å². The molecule has 1 aromatic rings. The lowest BCUT2D eigenvalue weighted by Gasteiger charge is -2.22. The average molecular weight is 263 g/mol. The number of carbonyl (C=O) groups excluding carboxylic acids is 1. The third-order valence-electron chi connectivity index (χ3n) is 3.74. The molecule has 1 aliphatic heterocycles. The molecule has 1 aromatic carbocycles. The van der Waals surface area contributed by atoms with E-state index < -0.39 is 0 Å². The number of nitrogens with one attached hydrogen (secondary N) is 1. The largest absolute Gasteiger partial charge is 0.399 e. The van der Waals surface area contributed by atoms with Crippen molar-refractivity contribution in [3.63, 3.8) is 0 Å².